The molecule has 1 aromatic carbocycles. The smallest absolute Gasteiger partial charge is 0.475 e. The molecule has 1 N–H and O–H groups in total. The van der Waals surface area contributed by atoms with E-state index in [9.17, 15) is 18.0 Å². The lowest BCUT2D eigenvalue weighted by Crippen LogP contribution is -2.31. The van der Waals surface area contributed by atoms with Crippen molar-refractivity contribution in [3.05, 3.63) is 28.9 Å². The van der Waals surface area contributed by atoms with E-state index in [-0.39, 0.29) is 34.7 Å². The zero-order valence-electron chi connectivity index (χ0n) is 12.2. The van der Waals surface area contributed by atoms with Crippen LogP contribution in [-0.2, 0) is 4.79 Å². The summed E-state index contributed by atoms with van der Waals surface area (Å²) in [4.78, 5) is 15.2. The lowest BCUT2D eigenvalue weighted by molar-refractivity contribution is -0.274. The zero-order chi connectivity index (χ0) is 17.3. The number of hydrogen-bond acceptors (Lipinski definition) is 4. The van der Waals surface area contributed by atoms with Gasteiger partial charge in [-0.2, -0.15) is 0 Å². The van der Waals surface area contributed by atoms with Crippen molar-refractivity contribution in [2.75, 3.05) is 6.61 Å². The van der Waals surface area contributed by atoms with Gasteiger partial charge in [0.15, 0.2) is 0 Å². The summed E-state index contributed by atoms with van der Waals surface area (Å²) in [6.45, 7) is 0.198. The highest BCUT2D eigenvalue weighted by molar-refractivity contribution is 9.10. The summed E-state index contributed by atoms with van der Waals surface area (Å²) in [6, 6.07) is 4.25. The van der Waals surface area contributed by atoms with Crippen LogP contribution in [0.25, 0.3) is 10.8 Å². The number of amides is 1. The van der Waals surface area contributed by atoms with Crippen LogP contribution in [0.3, 0.4) is 0 Å². The maximum absolute atomic E-state index is 12.5. The second kappa shape index (κ2) is 6.46. The van der Waals surface area contributed by atoms with Gasteiger partial charge >= 0.3 is 6.36 Å². The van der Waals surface area contributed by atoms with Crippen LogP contribution >= 0.6 is 15.9 Å². The van der Waals surface area contributed by atoms with Crippen molar-refractivity contribution in [2.45, 2.75) is 25.2 Å². The zero-order valence-corrected chi connectivity index (χ0v) is 13.8. The minimum atomic E-state index is -4.80. The first-order chi connectivity index (χ1) is 11.3. The average Bonchev–Trinajstić information content (AvgIpc) is 2.90. The van der Waals surface area contributed by atoms with Gasteiger partial charge in [-0.25, -0.2) is 4.98 Å². The Morgan fingerprint density at radius 2 is 2.17 bits per heavy atom. The minimum absolute atomic E-state index is 0.0423. The van der Waals surface area contributed by atoms with Gasteiger partial charge in [0.25, 0.3) is 0 Å². The highest BCUT2D eigenvalue weighted by Gasteiger charge is 2.32. The topological polar surface area (TPSA) is 60.5 Å². The molecule has 2 aromatic rings. The van der Waals surface area contributed by atoms with Crippen LogP contribution in [0.2, 0.25) is 0 Å². The number of pyridine rings is 1. The standard InChI is InChI=1S/C15H12BrF3N2O3/c16-11-5-8-3-4-20-14(23-7-9-1-2-13(22)21-9)10(8)6-12(11)24-15(17,18)19/h3-6,9H,1-2,7H2,(H,21,22)/t9-/m0/s1. The van der Waals surface area contributed by atoms with Crippen LogP contribution in [0, 0.1) is 0 Å². The van der Waals surface area contributed by atoms with Gasteiger partial charge in [0.05, 0.1) is 10.5 Å². The van der Waals surface area contributed by atoms with E-state index in [4.69, 9.17) is 4.74 Å². The molecule has 0 unspecified atom stereocenters. The molecule has 9 heteroatoms. The van der Waals surface area contributed by atoms with Gasteiger partial charge in [-0.1, -0.05) is 0 Å². The number of nitrogens with zero attached hydrogens (tertiary/aromatic N) is 1. The Balaban J connectivity index is 1.87. The van der Waals surface area contributed by atoms with Crippen molar-refractivity contribution >= 4 is 32.6 Å². The summed E-state index contributed by atoms with van der Waals surface area (Å²) >= 11 is 3.06. The molecule has 24 heavy (non-hydrogen) atoms. The van der Waals surface area contributed by atoms with Gasteiger partial charge in [0.1, 0.15) is 12.4 Å². The van der Waals surface area contributed by atoms with Crippen molar-refractivity contribution in [2.24, 2.45) is 0 Å². The number of aromatic nitrogens is 1. The Labute approximate surface area is 143 Å². The number of halogens is 4. The van der Waals surface area contributed by atoms with Crippen LogP contribution in [0.4, 0.5) is 13.2 Å². The maximum atomic E-state index is 12.5. The highest BCUT2D eigenvalue weighted by Crippen LogP contribution is 2.36. The number of alkyl halides is 3. The van der Waals surface area contributed by atoms with Gasteiger partial charge in [0, 0.05) is 18.0 Å². The molecule has 5 nitrogen and oxygen atoms in total. The number of hydrogen-bond donors (Lipinski definition) is 1. The third kappa shape index (κ3) is 3.89. The minimum Gasteiger partial charge on any atom is -0.475 e. The number of carbonyl (C=O) groups excluding carboxylic acids is 1. The fraction of sp³-hybridized carbons (Fsp3) is 0.333. The molecule has 2 heterocycles. The molecule has 0 spiro atoms. The van der Waals surface area contributed by atoms with E-state index in [1.54, 1.807) is 6.07 Å². The number of rotatable bonds is 4. The quantitative estimate of drug-likeness (QED) is 0.846. The summed E-state index contributed by atoms with van der Waals surface area (Å²) in [6.07, 6.45) is -2.21. The number of carbonyl (C=O) groups is 1. The summed E-state index contributed by atoms with van der Waals surface area (Å²) in [7, 11) is 0. The van der Waals surface area contributed by atoms with Crippen LogP contribution in [0.5, 0.6) is 11.6 Å². The third-order valence-electron chi connectivity index (χ3n) is 3.51. The molecule has 1 amide bonds. The number of ether oxygens (including phenoxy) is 2. The Morgan fingerprint density at radius 1 is 1.38 bits per heavy atom. The van der Waals surface area contributed by atoms with Crippen LogP contribution in [0.15, 0.2) is 28.9 Å². The molecule has 1 saturated heterocycles. The van der Waals surface area contributed by atoms with Crippen LogP contribution in [-0.4, -0.2) is 29.9 Å². The van der Waals surface area contributed by atoms with Crippen molar-refractivity contribution in [1.82, 2.24) is 10.3 Å². The molecule has 0 aliphatic carbocycles. The Hall–Kier alpha value is -2.03. The summed E-state index contributed by atoms with van der Waals surface area (Å²) < 4.78 is 47.2. The van der Waals surface area contributed by atoms with Crippen molar-refractivity contribution in [3.63, 3.8) is 0 Å². The molecule has 1 atom stereocenters. The molecular weight excluding hydrogens is 393 g/mol. The number of benzene rings is 1. The van der Waals surface area contributed by atoms with Crippen molar-refractivity contribution < 1.29 is 27.4 Å². The maximum Gasteiger partial charge on any atom is 0.573 e. The molecule has 1 fully saturated rings. The molecule has 128 valence electrons. The molecule has 0 saturated carbocycles. The number of fused-ring (bicyclic) bond motifs is 1. The van der Waals surface area contributed by atoms with Crippen molar-refractivity contribution in [3.8, 4) is 11.6 Å². The SMILES string of the molecule is O=C1CC[C@@H](COc2nccc3cc(Br)c(OC(F)(F)F)cc23)N1. The van der Waals surface area contributed by atoms with Gasteiger partial charge < -0.3 is 14.8 Å². The van der Waals surface area contributed by atoms with Crippen LogP contribution in [0.1, 0.15) is 12.8 Å². The first-order valence-corrected chi connectivity index (χ1v) is 7.87. The van der Waals surface area contributed by atoms with Gasteiger partial charge in [-0.15, -0.1) is 13.2 Å². The Bertz CT molecular complexity index is 782. The lowest BCUT2D eigenvalue weighted by Gasteiger charge is -2.15. The molecule has 3 rings (SSSR count). The first kappa shape index (κ1) is 16.8. The molecule has 1 aromatic heterocycles. The van der Waals surface area contributed by atoms with E-state index in [0.717, 1.165) is 0 Å². The van der Waals surface area contributed by atoms with E-state index >= 15 is 0 Å². The van der Waals surface area contributed by atoms with E-state index in [1.807, 2.05) is 0 Å². The molecule has 1 aliphatic heterocycles. The van der Waals surface area contributed by atoms with E-state index in [0.29, 0.717) is 23.6 Å². The monoisotopic (exact) mass is 404 g/mol. The molecular formula is C15H12BrF3N2O3. The first-order valence-electron chi connectivity index (χ1n) is 7.08. The van der Waals surface area contributed by atoms with Gasteiger partial charge in [-0.05, 0) is 45.9 Å². The largest absolute Gasteiger partial charge is 0.573 e. The summed E-state index contributed by atoms with van der Waals surface area (Å²) in [5.41, 5.74) is 0. The Kier molecular flexibility index (Phi) is 4.53. The molecule has 0 radical (unpaired) electrons. The normalized spacial score (nSPS) is 17.8. The van der Waals surface area contributed by atoms with Crippen LogP contribution < -0.4 is 14.8 Å². The second-order valence-corrected chi connectivity index (χ2v) is 6.14. The second-order valence-electron chi connectivity index (χ2n) is 5.28. The summed E-state index contributed by atoms with van der Waals surface area (Å²) in [5, 5.41) is 3.79. The molecule has 0 bridgehead atoms. The summed E-state index contributed by atoms with van der Waals surface area (Å²) in [5.74, 6) is -0.227. The fourth-order valence-electron chi connectivity index (χ4n) is 2.45. The van der Waals surface area contributed by atoms with Crippen molar-refractivity contribution in [1.29, 1.82) is 0 Å². The lowest BCUT2D eigenvalue weighted by atomic mass is 10.1. The fourth-order valence-corrected chi connectivity index (χ4v) is 2.89. The molecule has 1 aliphatic rings. The predicted molar refractivity (Wildman–Crippen MR) is 82.8 cm³/mol. The average molecular weight is 405 g/mol. The number of nitrogens with one attached hydrogen (secondary N) is 1. The van der Waals surface area contributed by atoms with Gasteiger partial charge in [-0.3, -0.25) is 4.79 Å². The highest BCUT2D eigenvalue weighted by atomic mass is 79.9. The van der Waals surface area contributed by atoms with E-state index in [1.165, 1.54) is 18.3 Å². The van der Waals surface area contributed by atoms with E-state index < -0.39 is 6.36 Å². The predicted octanol–water partition coefficient (Wildman–Crippen LogP) is 3.55. The van der Waals surface area contributed by atoms with E-state index in [2.05, 4.69) is 31.0 Å². The Morgan fingerprint density at radius 3 is 2.83 bits per heavy atom. The van der Waals surface area contributed by atoms with Gasteiger partial charge in [0.2, 0.25) is 11.8 Å². The third-order valence-corrected chi connectivity index (χ3v) is 4.13.